The van der Waals surface area contributed by atoms with Gasteiger partial charge in [-0.25, -0.2) is 0 Å². The van der Waals surface area contributed by atoms with Crippen molar-refractivity contribution in [3.8, 4) is 0 Å². The first-order valence-electron chi connectivity index (χ1n) is 4.59. The molecule has 1 N–H and O–H groups in total. The van der Waals surface area contributed by atoms with E-state index in [1.54, 1.807) is 0 Å². The second kappa shape index (κ2) is 2.94. The maximum Gasteiger partial charge on any atom is 0.136 e. The monoisotopic (exact) mass is 153 g/mol. The van der Waals surface area contributed by atoms with Gasteiger partial charge in [0.25, 0.3) is 0 Å². The highest BCUT2D eigenvalue weighted by atomic mass is 16.1. The molecule has 11 heavy (non-hydrogen) atoms. The number of carbonyl (C=O) groups is 1. The number of nitrogens with one attached hydrogen (secondary N) is 1. The van der Waals surface area contributed by atoms with Gasteiger partial charge < -0.3 is 5.32 Å². The second-order valence-corrected chi connectivity index (χ2v) is 3.80. The topological polar surface area (TPSA) is 29.1 Å². The molecule has 1 atom stereocenters. The molecule has 0 bridgehead atoms. The molecule has 62 valence electrons. The van der Waals surface area contributed by atoms with Crippen LogP contribution in [0.5, 0.6) is 0 Å². The summed E-state index contributed by atoms with van der Waals surface area (Å²) in [7, 11) is 0. The Kier molecular flexibility index (Phi) is 1.95. The van der Waals surface area contributed by atoms with Gasteiger partial charge in [-0.05, 0) is 38.3 Å². The average molecular weight is 153 g/mol. The van der Waals surface area contributed by atoms with Crippen LogP contribution >= 0.6 is 0 Å². The van der Waals surface area contributed by atoms with E-state index in [1.165, 1.54) is 19.3 Å². The number of carbonyl (C=O) groups excluding carboxylic acids is 1. The molecule has 0 spiro atoms. The molecule has 1 aliphatic heterocycles. The van der Waals surface area contributed by atoms with Gasteiger partial charge in [-0.15, -0.1) is 0 Å². The van der Waals surface area contributed by atoms with E-state index in [1.807, 2.05) is 0 Å². The van der Waals surface area contributed by atoms with E-state index in [-0.39, 0.29) is 0 Å². The van der Waals surface area contributed by atoms with Gasteiger partial charge in [0, 0.05) is 12.3 Å². The van der Waals surface area contributed by atoms with Crippen molar-refractivity contribution in [2.24, 2.45) is 11.8 Å². The third-order valence-electron chi connectivity index (χ3n) is 2.68. The quantitative estimate of drug-likeness (QED) is 0.654. The summed E-state index contributed by atoms with van der Waals surface area (Å²) in [5.41, 5.74) is 0. The van der Waals surface area contributed by atoms with E-state index >= 15 is 0 Å². The number of hydrogen-bond acceptors (Lipinski definition) is 2. The summed E-state index contributed by atoms with van der Waals surface area (Å²) < 4.78 is 0. The summed E-state index contributed by atoms with van der Waals surface area (Å²) in [6.07, 6.45) is 4.38. The van der Waals surface area contributed by atoms with Crippen molar-refractivity contribution in [3.63, 3.8) is 0 Å². The van der Waals surface area contributed by atoms with E-state index in [9.17, 15) is 4.79 Å². The Morgan fingerprint density at radius 1 is 1.36 bits per heavy atom. The standard InChI is InChI=1S/C9H15NO/c11-9(8-1-2-8)5-7-3-4-10-6-7/h7-8,10H,1-6H2. The summed E-state index contributed by atoms with van der Waals surface area (Å²) in [6.45, 7) is 2.18. The molecule has 1 aliphatic carbocycles. The summed E-state index contributed by atoms with van der Waals surface area (Å²) >= 11 is 0. The molecule has 2 heteroatoms. The predicted molar refractivity (Wildman–Crippen MR) is 43.3 cm³/mol. The SMILES string of the molecule is O=C(CC1CCNC1)C1CC1. The molecule has 2 rings (SSSR count). The lowest BCUT2D eigenvalue weighted by molar-refractivity contribution is -0.121. The summed E-state index contributed by atoms with van der Waals surface area (Å²) in [6, 6.07) is 0. The van der Waals surface area contributed by atoms with Gasteiger partial charge in [-0.1, -0.05) is 0 Å². The second-order valence-electron chi connectivity index (χ2n) is 3.80. The molecule has 0 aromatic carbocycles. The van der Waals surface area contributed by atoms with Crippen LogP contribution in [0.4, 0.5) is 0 Å². The van der Waals surface area contributed by atoms with Crippen LogP contribution in [-0.4, -0.2) is 18.9 Å². The third kappa shape index (κ3) is 1.80. The largest absolute Gasteiger partial charge is 0.316 e. The molecule has 2 aliphatic rings. The first-order valence-corrected chi connectivity index (χ1v) is 4.59. The highest BCUT2D eigenvalue weighted by Gasteiger charge is 2.31. The molecular formula is C9H15NO. The van der Waals surface area contributed by atoms with E-state index in [2.05, 4.69) is 5.32 Å². The van der Waals surface area contributed by atoms with Crippen molar-refractivity contribution in [1.82, 2.24) is 5.32 Å². The molecule has 0 radical (unpaired) electrons. The summed E-state index contributed by atoms with van der Waals surface area (Å²) in [5.74, 6) is 1.65. The Labute approximate surface area is 67.4 Å². The maximum atomic E-state index is 11.3. The van der Waals surface area contributed by atoms with Gasteiger partial charge >= 0.3 is 0 Å². The molecule has 2 fully saturated rings. The Hall–Kier alpha value is -0.370. The minimum atomic E-state index is 0.468. The van der Waals surface area contributed by atoms with E-state index in [0.29, 0.717) is 17.6 Å². The van der Waals surface area contributed by atoms with Crippen molar-refractivity contribution < 1.29 is 4.79 Å². The lowest BCUT2D eigenvalue weighted by atomic mass is 10.00. The number of rotatable bonds is 3. The van der Waals surface area contributed by atoms with Crippen molar-refractivity contribution in [2.45, 2.75) is 25.7 Å². The fourth-order valence-electron chi connectivity index (χ4n) is 1.75. The summed E-state index contributed by atoms with van der Waals surface area (Å²) in [4.78, 5) is 11.3. The van der Waals surface area contributed by atoms with Crippen LogP contribution in [0.3, 0.4) is 0 Å². The van der Waals surface area contributed by atoms with Crippen LogP contribution < -0.4 is 5.32 Å². The third-order valence-corrected chi connectivity index (χ3v) is 2.68. The number of ketones is 1. The lowest BCUT2D eigenvalue weighted by Crippen LogP contribution is -2.13. The number of Topliss-reactive ketones (excluding diaryl/α,β-unsaturated/α-hetero) is 1. The fourth-order valence-corrected chi connectivity index (χ4v) is 1.75. The highest BCUT2D eigenvalue weighted by Crippen LogP contribution is 2.32. The molecule has 1 saturated heterocycles. The summed E-state index contributed by atoms with van der Waals surface area (Å²) in [5, 5.41) is 3.28. The minimum absolute atomic E-state index is 0.468. The Bertz CT molecular complexity index is 157. The van der Waals surface area contributed by atoms with Crippen LogP contribution in [-0.2, 0) is 4.79 Å². The molecule has 1 heterocycles. The lowest BCUT2D eigenvalue weighted by Gasteiger charge is -2.04. The van der Waals surface area contributed by atoms with E-state index < -0.39 is 0 Å². The predicted octanol–water partition coefficient (Wildman–Crippen LogP) is 0.965. The zero-order chi connectivity index (χ0) is 7.68. The van der Waals surface area contributed by atoms with Crippen LogP contribution in [0.15, 0.2) is 0 Å². The highest BCUT2D eigenvalue weighted by molar-refractivity contribution is 5.83. The fraction of sp³-hybridized carbons (Fsp3) is 0.889. The first-order chi connectivity index (χ1) is 5.36. The zero-order valence-electron chi connectivity index (χ0n) is 6.81. The van der Waals surface area contributed by atoms with Crippen molar-refractivity contribution in [3.05, 3.63) is 0 Å². The molecule has 0 aromatic rings. The molecule has 2 nitrogen and oxygen atoms in total. The van der Waals surface area contributed by atoms with Crippen LogP contribution in [0.2, 0.25) is 0 Å². The minimum Gasteiger partial charge on any atom is -0.316 e. The Morgan fingerprint density at radius 3 is 2.73 bits per heavy atom. The van der Waals surface area contributed by atoms with Crippen molar-refractivity contribution in [1.29, 1.82) is 0 Å². The van der Waals surface area contributed by atoms with Crippen molar-refractivity contribution in [2.75, 3.05) is 13.1 Å². The smallest absolute Gasteiger partial charge is 0.136 e. The Morgan fingerprint density at radius 2 is 2.18 bits per heavy atom. The molecule has 1 saturated carbocycles. The average Bonchev–Trinajstić information content (AvgIpc) is 2.73. The first kappa shape index (κ1) is 7.29. The van der Waals surface area contributed by atoms with Gasteiger partial charge in [0.2, 0.25) is 0 Å². The number of hydrogen-bond donors (Lipinski definition) is 1. The van der Waals surface area contributed by atoms with Crippen LogP contribution in [0, 0.1) is 11.8 Å². The molecule has 0 amide bonds. The van der Waals surface area contributed by atoms with Crippen molar-refractivity contribution >= 4 is 5.78 Å². The normalized spacial score (nSPS) is 30.7. The maximum absolute atomic E-state index is 11.3. The van der Waals surface area contributed by atoms with Gasteiger partial charge in [-0.3, -0.25) is 4.79 Å². The van der Waals surface area contributed by atoms with Gasteiger partial charge in [0.05, 0.1) is 0 Å². The molecular weight excluding hydrogens is 138 g/mol. The zero-order valence-corrected chi connectivity index (χ0v) is 6.81. The van der Waals surface area contributed by atoms with Gasteiger partial charge in [-0.2, -0.15) is 0 Å². The Balaban J connectivity index is 1.74. The van der Waals surface area contributed by atoms with E-state index in [0.717, 1.165) is 19.5 Å². The van der Waals surface area contributed by atoms with Crippen LogP contribution in [0.25, 0.3) is 0 Å². The molecule has 0 aromatic heterocycles. The van der Waals surface area contributed by atoms with Gasteiger partial charge in [0.1, 0.15) is 5.78 Å². The van der Waals surface area contributed by atoms with Crippen LogP contribution in [0.1, 0.15) is 25.7 Å². The molecule has 1 unspecified atom stereocenters. The van der Waals surface area contributed by atoms with Gasteiger partial charge in [0.15, 0.2) is 0 Å². The van der Waals surface area contributed by atoms with E-state index in [4.69, 9.17) is 0 Å².